The standard InChI is InChI=1S/C23H28N2O7/c1-13(2)9-18(22(29)24-11-21(27)28)25-20(26)12-31-14-7-8-16-15-5-3-4-6-17(15)23(30)32-19(16)10-14/h7-8,10,13,18H,3-6,9,11-12H2,1-2H3,(H,24,29)(H,25,26)(H,27,28). The Hall–Kier alpha value is -3.36. The van der Waals surface area contributed by atoms with Crippen LogP contribution in [-0.4, -0.2) is 42.1 Å². The molecule has 0 fully saturated rings. The molecular formula is C23H28N2O7. The van der Waals surface area contributed by atoms with Crippen molar-refractivity contribution in [1.29, 1.82) is 0 Å². The van der Waals surface area contributed by atoms with Crippen LogP contribution in [0.3, 0.4) is 0 Å². The number of hydrogen-bond donors (Lipinski definition) is 3. The van der Waals surface area contributed by atoms with E-state index >= 15 is 0 Å². The van der Waals surface area contributed by atoms with Gasteiger partial charge >= 0.3 is 11.6 Å². The van der Waals surface area contributed by atoms with Gasteiger partial charge in [-0.1, -0.05) is 13.8 Å². The van der Waals surface area contributed by atoms with E-state index in [4.69, 9.17) is 14.3 Å². The van der Waals surface area contributed by atoms with Crippen LogP contribution in [-0.2, 0) is 27.2 Å². The lowest BCUT2D eigenvalue weighted by atomic mass is 9.91. The van der Waals surface area contributed by atoms with Gasteiger partial charge in [0.25, 0.3) is 5.91 Å². The van der Waals surface area contributed by atoms with Crippen molar-refractivity contribution in [2.24, 2.45) is 5.92 Å². The summed E-state index contributed by atoms with van der Waals surface area (Å²) in [5, 5.41) is 14.5. The highest BCUT2D eigenvalue weighted by atomic mass is 16.5. The highest BCUT2D eigenvalue weighted by Gasteiger charge is 2.23. The first kappa shape index (κ1) is 23.3. The van der Waals surface area contributed by atoms with E-state index in [-0.39, 0.29) is 18.2 Å². The minimum atomic E-state index is -1.17. The summed E-state index contributed by atoms with van der Waals surface area (Å²) in [6.45, 7) is 2.91. The van der Waals surface area contributed by atoms with E-state index in [9.17, 15) is 19.2 Å². The number of aryl methyl sites for hydroxylation is 1. The zero-order chi connectivity index (χ0) is 23.3. The summed E-state index contributed by atoms with van der Waals surface area (Å²) in [5.74, 6) is -1.78. The number of hydrogen-bond acceptors (Lipinski definition) is 6. The summed E-state index contributed by atoms with van der Waals surface area (Å²) in [6.07, 6.45) is 3.92. The molecule has 32 heavy (non-hydrogen) atoms. The number of aliphatic carboxylic acids is 1. The predicted octanol–water partition coefficient (Wildman–Crippen LogP) is 1.78. The van der Waals surface area contributed by atoms with Gasteiger partial charge in [0.05, 0.1) is 0 Å². The molecule has 2 amide bonds. The number of nitrogens with one attached hydrogen (secondary N) is 2. The van der Waals surface area contributed by atoms with Gasteiger partial charge < -0.3 is 24.9 Å². The number of carboxylic acids is 1. The number of amides is 2. The Labute approximate surface area is 185 Å². The maximum Gasteiger partial charge on any atom is 0.339 e. The average molecular weight is 444 g/mol. The second kappa shape index (κ2) is 10.3. The van der Waals surface area contributed by atoms with Crippen molar-refractivity contribution in [3.63, 3.8) is 0 Å². The topological polar surface area (TPSA) is 135 Å². The Morgan fingerprint density at radius 1 is 1.16 bits per heavy atom. The quantitative estimate of drug-likeness (QED) is 0.502. The fraction of sp³-hybridized carbons (Fsp3) is 0.478. The molecule has 0 aliphatic heterocycles. The van der Waals surface area contributed by atoms with Gasteiger partial charge in [0.2, 0.25) is 5.91 Å². The number of benzene rings is 1. The lowest BCUT2D eigenvalue weighted by Crippen LogP contribution is -2.49. The summed E-state index contributed by atoms with van der Waals surface area (Å²) < 4.78 is 11.0. The summed E-state index contributed by atoms with van der Waals surface area (Å²) in [4.78, 5) is 47.5. The van der Waals surface area contributed by atoms with Gasteiger partial charge in [0.1, 0.15) is 23.9 Å². The molecular weight excluding hydrogens is 416 g/mol. The number of carbonyl (C=O) groups is 3. The van der Waals surface area contributed by atoms with Crippen molar-refractivity contribution in [2.75, 3.05) is 13.2 Å². The third-order valence-corrected chi connectivity index (χ3v) is 5.34. The van der Waals surface area contributed by atoms with Crippen LogP contribution in [0.4, 0.5) is 0 Å². The molecule has 0 radical (unpaired) electrons. The average Bonchev–Trinajstić information content (AvgIpc) is 2.75. The Morgan fingerprint density at radius 3 is 2.56 bits per heavy atom. The molecule has 9 heteroatoms. The highest BCUT2D eigenvalue weighted by molar-refractivity contribution is 5.90. The van der Waals surface area contributed by atoms with Gasteiger partial charge in [-0.15, -0.1) is 0 Å². The first-order valence-corrected chi connectivity index (χ1v) is 10.7. The molecule has 3 N–H and O–H groups in total. The monoisotopic (exact) mass is 444 g/mol. The predicted molar refractivity (Wildman–Crippen MR) is 117 cm³/mol. The van der Waals surface area contributed by atoms with Gasteiger partial charge in [-0.2, -0.15) is 0 Å². The van der Waals surface area contributed by atoms with Crippen LogP contribution in [0.15, 0.2) is 27.4 Å². The van der Waals surface area contributed by atoms with Crippen LogP contribution in [0.5, 0.6) is 5.75 Å². The SMILES string of the molecule is CC(C)CC(NC(=O)COc1ccc2c3c(c(=O)oc2c1)CCCC3)C(=O)NCC(=O)O. The smallest absolute Gasteiger partial charge is 0.339 e. The number of ether oxygens (including phenoxy) is 1. The van der Waals surface area contributed by atoms with Gasteiger partial charge in [-0.25, -0.2) is 4.79 Å². The molecule has 1 aromatic heterocycles. The molecule has 1 heterocycles. The van der Waals surface area contributed by atoms with E-state index in [0.29, 0.717) is 17.8 Å². The third-order valence-electron chi connectivity index (χ3n) is 5.34. The Balaban J connectivity index is 1.65. The normalized spacial score (nSPS) is 14.0. The summed E-state index contributed by atoms with van der Waals surface area (Å²) in [7, 11) is 0. The second-order valence-electron chi connectivity index (χ2n) is 8.36. The molecule has 1 atom stereocenters. The van der Waals surface area contributed by atoms with Crippen molar-refractivity contribution in [2.45, 2.75) is 52.0 Å². The largest absolute Gasteiger partial charge is 0.484 e. The summed E-state index contributed by atoms with van der Waals surface area (Å²) in [5.41, 5.74) is 1.86. The first-order chi connectivity index (χ1) is 15.2. The molecule has 3 rings (SSSR count). The molecule has 0 saturated heterocycles. The van der Waals surface area contributed by atoms with Crippen molar-refractivity contribution >= 4 is 28.8 Å². The minimum Gasteiger partial charge on any atom is -0.484 e. The van der Waals surface area contributed by atoms with Crippen LogP contribution in [0.25, 0.3) is 11.0 Å². The maximum atomic E-state index is 12.4. The zero-order valence-corrected chi connectivity index (χ0v) is 18.2. The van der Waals surface area contributed by atoms with Gasteiger partial charge in [0, 0.05) is 17.0 Å². The number of rotatable bonds is 9. The highest BCUT2D eigenvalue weighted by Crippen LogP contribution is 2.29. The lowest BCUT2D eigenvalue weighted by Gasteiger charge is -2.20. The minimum absolute atomic E-state index is 0.103. The van der Waals surface area contributed by atoms with E-state index in [0.717, 1.165) is 42.2 Å². The van der Waals surface area contributed by atoms with E-state index in [1.165, 1.54) is 0 Å². The molecule has 1 unspecified atom stereocenters. The van der Waals surface area contributed by atoms with E-state index in [1.807, 2.05) is 19.9 Å². The molecule has 172 valence electrons. The first-order valence-electron chi connectivity index (χ1n) is 10.7. The Bertz CT molecular complexity index is 1070. The van der Waals surface area contributed by atoms with Gasteiger partial charge in [-0.3, -0.25) is 14.4 Å². The fourth-order valence-corrected chi connectivity index (χ4v) is 3.89. The Kier molecular flexibility index (Phi) is 7.50. The third kappa shape index (κ3) is 5.87. The van der Waals surface area contributed by atoms with Crippen molar-refractivity contribution in [3.05, 3.63) is 39.7 Å². The molecule has 9 nitrogen and oxygen atoms in total. The second-order valence-corrected chi connectivity index (χ2v) is 8.36. The summed E-state index contributed by atoms with van der Waals surface area (Å²) in [6, 6.07) is 4.27. The number of fused-ring (bicyclic) bond motifs is 3. The fourth-order valence-electron chi connectivity index (χ4n) is 3.89. The number of carbonyl (C=O) groups excluding carboxylic acids is 2. The molecule has 0 saturated carbocycles. The molecule has 0 spiro atoms. The van der Waals surface area contributed by atoms with Crippen molar-refractivity contribution < 1.29 is 28.6 Å². The van der Waals surface area contributed by atoms with E-state index in [1.54, 1.807) is 12.1 Å². The van der Waals surface area contributed by atoms with Crippen LogP contribution in [0, 0.1) is 5.92 Å². The zero-order valence-electron chi connectivity index (χ0n) is 18.2. The molecule has 1 aliphatic carbocycles. The van der Waals surface area contributed by atoms with Gasteiger partial charge in [0.15, 0.2) is 6.61 Å². The molecule has 1 aliphatic rings. The van der Waals surface area contributed by atoms with E-state index in [2.05, 4.69) is 10.6 Å². The Morgan fingerprint density at radius 2 is 1.88 bits per heavy atom. The van der Waals surface area contributed by atoms with Crippen molar-refractivity contribution in [3.8, 4) is 5.75 Å². The maximum absolute atomic E-state index is 12.4. The lowest BCUT2D eigenvalue weighted by molar-refractivity contribution is -0.138. The van der Waals surface area contributed by atoms with Crippen LogP contribution >= 0.6 is 0 Å². The molecule has 1 aromatic carbocycles. The number of carboxylic acid groups (broad SMARTS) is 1. The van der Waals surface area contributed by atoms with Gasteiger partial charge in [-0.05, 0) is 55.7 Å². The van der Waals surface area contributed by atoms with Crippen LogP contribution in [0.2, 0.25) is 0 Å². The molecule has 2 aromatic rings. The van der Waals surface area contributed by atoms with Crippen LogP contribution < -0.4 is 21.0 Å². The van der Waals surface area contributed by atoms with E-state index < -0.39 is 30.4 Å². The summed E-state index contributed by atoms with van der Waals surface area (Å²) >= 11 is 0. The van der Waals surface area contributed by atoms with Crippen LogP contribution in [0.1, 0.15) is 44.2 Å². The van der Waals surface area contributed by atoms with Crippen molar-refractivity contribution in [1.82, 2.24) is 10.6 Å². The molecule has 0 bridgehead atoms.